The zero-order valence-corrected chi connectivity index (χ0v) is 17.4. The summed E-state index contributed by atoms with van der Waals surface area (Å²) >= 11 is 0. The average molecular weight is 412 g/mol. The molecule has 0 spiro atoms. The topological polar surface area (TPSA) is 65.5 Å². The van der Waals surface area contributed by atoms with E-state index in [2.05, 4.69) is 16.4 Å². The van der Waals surface area contributed by atoms with E-state index in [1.165, 1.54) is 5.56 Å². The van der Waals surface area contributed by atoms with Gasteiger partial charge in [0.05, 0.1) is 6.04 Å². The lowest BCUT2D eigenvalue weighted by molar-refractivity contribution is 0.0716. The van der Waals surface area contributed by atoms with Gasteiger partial charge in [0.15, 0.2) is 0 Å². The Morgan fingerprint density at radius 1 is 1.06 bits per heavy atom. The highest BCUT2D eigenvalue weighted by molar-refractivity contribution is 5.98. The number of hydrogen-bond acceptors (Lipinski definition) is 3. The van der Waals surface area contributed by atoms with Crippen molar-refractivity contribution < 1.29 is 9.59 Å². The molecule has 2 aromatic carbocycles. The van der Waals surface area contributed by atoms with Crippen LogP contribution in [0.25, 0.3) is 0 Å². The predicted octanol–water partition coefficient (Wildman–Crippen LogP) is 4.43. The first-order valence-corrected chi connectivity index (χ1v) is 10.5. The zero-order valence-electron chi connectivity index (χ0n) is 17.4. The number of benzene rings is 2. The molecule has 6 nitrogen and oxygen atoms in total. The Balaban J connectivity index is 1.18. The number of rotatable bonds is 4. The maximum Gasteiger partial charge on any atom is 0.321 e. The van der Waals surface area contributed by atoms with Crippen molar-refractivity contribution in [2.24, 2.45) is 0 Å². The van der Waals surface area contributed by atoms with Crippen molar-refractivity contribution in [3.8, 4) is 0 Å². The Morgan fingerprint density at radius 3 is 2.55 bits per heavy atom. The molecular weight excluding hydrogens is 388 g/mol. The molecule has 3 aromatic rings. The van der Waals surface area contributed by atoms with Gasteiger partial charge in [0.1, 0.15) is 0 Å². The Bertz CT molecular complexity index is 1110. The number of carbonyl (C=O) groups is 2. The molecular formula is C25H24N4O2. The average Bonchev–Trinajstić information content (AvgIpc) is 3.10. The Kier molecular flexibility index (Phi) is 4.90. The molecule has 31 heavy (non-hydrogen) atoms. The van der Waals surface area contributed by atoms with Crippen LogP contribution in [0.15, 0.2) is 73.1 Å². The third-order valence-electron chi connectivity index (χ3n) is 6.29. The lowest BCUT2D eigenvalue weighted by Crippen LogP contribution is -2.50. The fourth-order valence-electron chi connectivity index (χ4n) is 4.29. The molecule has 156 valence electrons. The van der Waals surface area contributed by atoms with Crippen LogP contribution in [0.5, 0.6) is 0 Å². The molecule has 5 rings (SSSR count). The van der Waals surface area contributed by atoms with E-state index >= 15 is 0 Å². The van der Waals surface area contributed by atoms with Crippen molar-refractivity contribution in [2.45, 2.75) is 25.4 Å². The standard InChI is InChI=1S/C25H24N4O2/c1-17(29-16-20-5-2-3-7-23(20)24(29)30)18-8-10-22(11-9-18)27-25(31)28-14-21(15-28)19-6-4-12-26-13-19/h2-13,17,21H,14-16H2,1H3,(H,27,31)/t17-/m0/s1. The molecule has 1 N–H and O–H groups in total. The van der Waals surface area contributed by atoms with Gasteiger partial charge >= 0.3 is 6.03 Å². The highest BCUT2D eigenvalue weighted by Gasteiger charge is 2.32. The second-order valence-electron chi connectivity index (χ2n) is 8.21. The third-order valence-corrected chi connectivity index (χ3v) is 6.29. The highest BCUT2D eigenvalue weighted by atomic mass is 16.2. The van der Waals surface area contributed by atoms with Crippen LogP contribution in [-0.4, -0.2) is 39.8 Å². The fourth-order valence-corrected chi connectivity index (χ4v) is 4.29. The highest BCUT2D eigenvalue weighted by Crippen LogP contribution is 2.32. The normalized spacial score (nSPS) is 16.6. The summed E-state index contributed by atoms with van der Waals surface area (Å²) in [6.45, 7) is 4.06. The van der Waals surface area contributed by atoms with Crippen LogP contribution < -0.4 is 5.32 Å². The Labute approximate surface area is 181 Å². The van der Waals surface area contributed by atoms with Gasteiger partial charge in [-0.25, -0.2) is 4.79 Å². The molecule has 1 atom stereocenters. The van der Waals surface area contributed by atoms with Crippen molar-refractivity contribution in [3.05, 3.63) is 95.3 Å². The van der Waals surface area contributed by atoms with Crippen LogP contribution in [0.3, 0.4) is 0 Å². The minimum atomic E-state index is -0.0916. The minimum absolute atomic E-state index is 0.0414. The molecule has 0 bridgehead atoms. The van der Waals surface area contributed by atoms with E-state index < -0.39 is 0 Å². The number of amides is 3. The van der Waals surface area contributed by atoms with Crippen LogP contribution in [0.2, 0.25) is 0 Å². The molecule has 1 aromatic heterocycles. The molecule has 1 fully saturated rings. The lowest BCUT2D eigenvalue weighted by Gasteiger charge is -2.39. The minimum Gasteiger partial charge on any atom is -0.328 e. The van der Waals surface area contributed by atoms with E-state index in [-0.39, 0.29) is 18.0 Å². The maximum atomic E-state index is 12.7. The first kappa shape index (κ1) is 19.3. The maximum absolute atomic E-state index is 12.7. The van der Waals surface area contributed by atoms with Crippen molar-refractivity contribution in [1.29, 1.82) is 0 Å². The number of hydrogen-bond donors (Lipinski definition) is 1. The fraction of sp³-hybridized carbons (Fsp3) is 0.240. The first-order chi connectivity index (χ1) is 15.1. The number of urea groups is 1. The first-order valence-electron chi connectivity index (χ1n) is 10.5. The van der Waals surface area contributed by atoms with E-state index in [4.69, 9.17) is 0 Å². The monoisotopic (exact) mass is 412 g/mol. The Morgan fingerprint density at radius 2 is 1.84 bits per heavy atom. The number of likely N-dealkylation sites (tertiary alicyclic amines) is 1. The molecule has 3 amide bonds. The zero-order chi connectivity index (χ0) is 21.4. The summed E-state index contributed by atoms with van der Waals surface area (Å²) in [5.74, 6) is 0.422. The van der Waals surface area contributed by atoms with Gasteiger partial charge in [-0.1, -0.05) is 36.4 Å². The third kappa shape index (κ3) is 3.65. The molecule has 0 aliphatic carbocycles. The SMILES string of the molecule is C[C@@H](c1ccc(NC(=O)N2CC(c3cccnc3)C2)cc1)N1Cc2ccccc2C1=O. The van der Waals surface area contributed by atoms with Crippen molar-refractivity contribution in [3.63, 3.8) is 0 Å². The molecule has 2 aliphatic heterocycles. The molecule has 0 radical (unpaired) electrons. The summed E-state index contributed by atoms with van der Waals surface area (Å²) in [7, 11) is 0. The summed E-state index contributed by atoms with van der Waals surface area (Å²) in [6.07, 6.45) is 3.62. The van der Waals surface area contributed by atoms with Crippen LogP contribution in [0, 0.1) is 0 Å². The lowest BCUT2D eigenvalue weighted by atomic mass is 9.93. The van der Waals surface area contributed by atoms with E-state index in [1.54, 1.807) is 11.1 Å². The van der Waals surface area contributed by atoms with E-state index in [1.807, 2.05) is 72.6 Å². The summed E-state index contributed by atoms with van der Waals surface area (Å²) in [5.41, 5.74) is 4.82. The second-order valence-corrected chi connectivity index (χ2v) is 8.21. The summed E-state index contributed by atoms with van der Waals surface area (Å²) in [5, 5.41) is 2.97. The van der Waals surface area contributed by atoms with Gasteiger partial charge < -0.3 is 15.1 Å². The van der Waals surface area contributed by atoms with Crippen LogP contribution in [0.4, 0.5) is 10.5 Å². The van der Waals surface area contributed by atoms with E-state index in [0.717, 1.165) is 22.4 Å². The van der Waals surface area contributed by atoms with Gasteiger partial charge in [0, 0.05) is 49.2 Å². The van der Waals surface area contributed by atoms with Gasteiger partial charge in [0.25, 0.3) is 5.91 Å². The number of aromatic nitrogens is 1. The number of anilines is 1. The van der Waals surface area contributed by atoms with Crippen molar-refractivity contribution in [1.82, 2.24) is 14.8 Å². The van der Waals surface area contributed by atoms with Crippen LogP contribution in [0.1, 0.15) is 45.9 Å². The summed E-state index contributed by atoms with van der Waals surface area (Å²) < 4.78 is 0. The van der Waals surface area contributed by atoms with Gasteiger partial charge in [-0.3, -0.25) is 9.78 Å². The van der Waals surface area contributed by atoms with Gasteiger partial charge in [-0.2, -0.15) is 0 Å². The smallest absolute Gasteiger partial charge is 0.321 e. The van der Waals surface area contributed by atoms with E-state index in [0.29, 0.717) is 25.6 Å². The second kappa shape index (κ2) is 7.87. The molecule has 3 heterocycles. The molecule has 0 saturated carbocycles. The largest absolute Gasteiger partial charge is 0.328 e. The summed E-state index contributed by atoms with van der Waals surface area (Å²) in [4.78, 5) is 33.1. The number of fused-ring (bicyclic) bond motifs is 1. The van der Waals surface area contributed by atoms with Gasteiger partial charge in [-0.05, 0) is 47.9 Å². The molecule has 0 unspecified atom stereocenters. The quantitative estimate of drug-likeness (QED) is 0.689. The number of nitrogens with one attached hydrogen (secondary N) is 1. The number of carbonyl (C=O) groups excluding carboxylic acids is 2. The van der Waals surface area contributed by atoms with Crippen LogP contribution >= 0.6 is 0 Å². The number of pyridine rings is 1. The van der Waals surface area contributed by atoms with Crippen molar-refractivity contribution >= 4 is 17.6 Å². The van der Waals surface area contributed by atoms with Crippen LogP contribution in [-0.2, 0) is 6.54 Å². The molecule has 2 aliphatic rings. The number of nitrogens with zero attached hydrogens (tertiary/aromatic N) is 3. The molecule has 6 heteroatoms. The predicted molar refractivity (Wildman–Crippen MR) is 119 cm³/mol. The summed E-state index contributed by atoms with van der Waals surface area (Å²) in [6, 6.07) is 19.4. The van der Waals surface area contributed by atoms with E-state index in [9.17, 15) is 9.59 Å². The van der Waals surface area contributed by atoms with Gasteiger partial charge in [-0.15, -0.1) is 0 Å². The van der Waals surface area contributed by atoms with Gasteiger partial charge in [0.2, 0.25) is 0 Å². The van der Waals surface area contributed by atoms with Crippen molar-refractivity contribution in [2.75, 3.05) is 18.4 Å². The molecule has 1 saturated heterocycles. The Hall–Kier alpha value is -3.67.